The first-order valence-electron chi connectivity index (χ1n) is 7.43. The molecule has 0 saturated heterocycles. The summed E-state index contributed by atoms with van der Waals surface area (Å²) in [5.41, 5.74) is 0.987. The lowest BCUT2D eigenvalue weighted by atomic mass is 10.0. The molecule has 0 fully saturated rings. The van der Waals surface area contributed by atoms with Crippen molar-refractivity contribution >= 4 is 5.78 Å². The van der Waals surface area contributed by atoms with Crippen molar-refractivity contribution in [3.05, 3.63) is 23.8 Å². The predicted octanol–water partition coefficient (Wildman–Crippen LogP) is 4.18. The van der Waals surface area contributed by atoms with Crippen LogP contribution in [-0.2, 0) is 11.2 Å². The molecule has 1 aromatic carbocycles. The number of benzene rings is 1. The molecule has 1 rings (SSSR count). The van der Waals surface area contributed by atoms with Crippen molar-refractivity contribution < 1.29 is 14.3 Å². The predicted molar refractivity (Wildman–Crippen MR) is 81.6 cm³/mol. The molecule has 0 aliphatic heterocycles. The highest BCUT2D eigenvalue weighted by molar-refractivity contribution is 5.81. The van der Waals surface area contributed by atoms with Gasteiger partial charge in [-0.15, -0.1) is 0 Å². The van der Waals surface area contributed by atoms with Gasteiger partial charge in [-0.25, -0.2) is 0 Å². The number of unbranched alkanes of at least 4 members (excludes halogenated alkanes) is 4. The van der Waals surface area contributed by atoms with Crippen LogP contribution in [0.15, 0.2) is 18.2 Å². The minimum atomic E-state index is 0.300. The lowest BCUT2D eigenvalue weighted by Crippen LogP contribution is -2.03. The average Bonchev–Trinajstić information content (AvgIpc) is 2.46. The van der Waals surface area contributed by atoms with Crippen molar-refractivity contribution in [3.8, 4) is 11.5 Å². The van der Waals surface area contributed by atoms with E-state index < -0.39 is 0 Å². The van der Waals surface area contributed by atoms with E-state index in [2.05, 4.69) is 6.92 Å². The molecule has 0 unspecified atom stereocenters. The number of methoxy groups -OCH3 is 2. The Bertz CT molecular complexity index is 413. The van der Waals surface area contributed by atoms with E-state index in [-0.39, 0.29) is 0 Å². The molecule has 0 heterocycles. The standard InChI is InChI=1S/C17H26O3/c1-4-5-6-7-8-9-15(18)12-14-10-11-16(19-2)17(13-14)20-3/h10-11,13H,4-9,12H2,1-3H3. The van der Waals surface area contributed by atoms with Gasteiger partial charge in [-0.1, -0.05) is 38.7 Å². The van der Waals surface area contributed by atoms with Crippen molar-refractivity contribution in [1.82, 2.24) is 0 Å². The third-order valence-electron chi connectivity index (χ3n) is 3.41. The fraction of sp³-hybridized carbons (Fsp3) is 0.588. The van der Waals surface area contributed by atoms with Crippen LogP contribution >= 0.6 is 0 Å². The van der Waals surface area contributed by atoms with E-state index in [9.17, 15) is 4.79 Å². The summed E-state index contributed by atoms with van der Waals surface area (Å²) in [6.07, 6.45) is 7.06. The topological polar surface area (TPSA) is 35.5 Å². The summed E-state index contributed by atoms with van der Waals surface area (Å²) in [5, 5.41) is 0. The summed E-state index contributed by atoms with van der Waals surface area (Å²) >= 11 is 0. The Morgan fingerprint density at radius 2 is 1.70 bits per heavy atom. The maximum Gasteiger partial charge on any atom is 0.161 e. The first-order valence-corrected chi connectivity index (χ1v) is 7.43. The molecule has 0 aromatic heterocycles. The van der Waals surface area contributed by atoms with Crippen LogP contribution < -0.4 is 9.47 Å². The SMILES string of the molecule is CCCCCCCC(=O)Cc1ccc(OC)c(OC)c1. The fourth-order valence-electron chi connectivity index (χ4n) is 2.23. The summed E-state index contributed by atoms with van der Waals surface area (Å²) in [7, 11) is 3.22. The van der Waals surface area contributed by atoms with Crippen molar-refractivity contribution in [2.45, 2.75) is 51.9 Å². The zero-order valence-corrected chi connectivity index (χ0v) is 12.9. The number of hydrogen-bond donors (Lipinski definition) is 0. The summed E-state index contributed by atoms with van der Waals surface area (Å²) in [5.74, 6) is 1.68. The number of carbonyl (C=O) groups is 1. The molecule has 0 atom stereocenters. The number of Topliss-reactive ketones (excluding diaryl/α,β-unsaturated/α-hetero) is 1. The monoisotopic (exact) mass is 278 g/mol. The Morgan fingerprint density at radius 3 is 2.35 bits per heavy atom. The van der Waals surface area contributed by atoms with Crippen LogP contribution in [0.4, 0.5) is 0 Å². The number of ether oxygens (including phenoxy) is 2. The summed E-state index contributed by atoms with van der Waals surface area (Å²) in [4.78, 5) is 11.9. The molecule has 3 heteroatoms. The second kappa shape index (κ2) is 9.40. The van der Waals surface area contributed by atoms with E-state index in [1.165, 1.54) is 19.3 Å². The van der Waals surface area contributed by atoms with E-state index in [4.69, 9.17) is 9.47 Å². The molecule has 20 heavy (non-hydrogen) atoms. The Kier molecular flexibility index (Phi) is 7.78. The van der Waals surface area contributed by atoms with Gasteiger partial charge in [0.15, 0.2) is 11.5 Å². The molecule has 0 saturated carbocycles. The summed E-state index contributed by atoms with van der Waals surface area (Å²) < 4.78 is 10.4. The molecular formula is C17H26O3. The molecule has 112 valence electrons. The lowest BCUT2D eigenvalue weighted by molar-refractivity contribution is -0.118. The third kappa shape index (κ3) is 5.64. The Labute approximate surface area is 122 Å². The van der Waals surface area contributed by atoms with E-state index in [1.54, 1.807) is 14.2 Å². The molecule has 0 aliphatic carbocycles. The first-order chi connectivity index (χ1) is 9.71. The number of rotatable bonds is 10. The number of hydrogen-bond acceptors (Lipinski definition) is 3. The molecule has 0 spiro atoms. The molecule has 1 aromatic rings. The van der Waals surface area contributed by atoms with Gasteiger partial charge in [0.05, 0.1) is 14.2 Å². The van der Waals surface area contributed by atoms with Crippen molar-refractivity contribution in [3.63, 3.8) is 0 Å². The summed E-state index contributed by atoms with van der Waals surface area (Å²) in [6.45, 7) is 2.20. The number of ketones is 1. The highest BCUT2D eigenvalue weighted by Crippen LogP contribution is 2.27. The quantitative estimate of drug-likeness (QED) is 0.602. The van der Waals surface area contributed by atoms with Gasteiger partial charge >= 0.3 is 0 Å². The van der Waals surface area contributed by atoms with Crippen LogP contribution in [0.3, 0.4) is 0 Å². The van der Waals surface area contributed by atoms with Gasteiger partial charge in [-0.2, -0.15) is 0 Å². The van der Waals surface area contributed by atoms with Gasteiger partial charge < -0.3 is 9.47 Å². The average molecular weight is 278 g/mol. The highest BCUT2D eigenvalue weighted by atomic mass is 16.5. The van der Waals surface area contributed by atoms with Crippen molar-refractivity contribution in [1.29, 1.82) is 0 Å². The van der Waals surface area contributed by atoms with Crippen molar-refractivity contribution in [2.75, 3.05) is 14.2 Å². The van der Waals surface area contributed by atoms with Gasteiger partial charge in [-0.05, 0) is 24.1 Å². The summed E-state index contributed by atoms with van der Waals surface area (Å²) in [6, 6.07) is 5.66. The second-order valence-electron chi connectivity index (χ2n) is 5.07. The number of carbonyl (C=O) groups excluding carboxylic acids is 1. The van der Waals surface area contributed by atoms with E-state index in [0.717, 1.165) is 18.4 Å². The van der Waals surface area contributed by atoms with Gasteiger partial charge in [0.1, 0.15) is 5.78 Å². The van der Waals surface area contributed by atoms with Crippen LogP contribution in [0.2, 0.25) is 0 Å². The molecule has 0 N–H and O–H groups in total. The minimum absolute atomic E-state index is 0.300. The van der Waals surface area contributed by atoms with Gasteiger partial charge in [0.25, 0.3) is 0 Å². The molecule has 0 bridgehead atoms. The van der Waals surface area contributed by atoms with E-state index >= 15 is 0 Å². The molecular weight excluding hydrogens is 252 g/mol. The molecule has 0 radical (unpaired) electrons. The normalized spacial score (nSPS) is 10.3. The molecule has 0 amide bonds. The van der Waals surface area contributed by atoms with Gasteiger partial charge in [0.2, 0.25) is 0 Å². The maximum atomic E-state index is 11.9. The van der Waals surface area contributed by atoms with Gasteiger partial charge in [-0.3, -0.25) is 4.79 Å². The smallest absolute Gasteiger partial charge is 0.161 e. The van der Waals surface area contributed by atoms with Crippen LogP contribution in [0.5, 0.6) is 11.5 Å². The van der Waals surface area contributed by atoms with E-state index in [0.29, 0.717) is 30.1 Å². The maximum absolute atomic E-state index is 11.9. The Balaban J connectivity index is 2.41. The first kappa shape index (κ1) is 16.5. The van der Waals surface area contributed by atoms with Gasteiger partial charge in [0, 0.05) is 12.8 Å². The fourth-order valence-corrected chi connectivity index (χ4v) is 2.23. The Morgan fingerprint density at radius 1 is 1.00 bits per heavy atom. The van der Waals surface area contributed by atoms with Crippen LogP contribution in [0.1, 0.15) is 51.0 Å². The zero-order valence-electron chi connectivity index (χ0n) is 12.9. The van der Waals surface area contributed by atoms with E-state index in [1.807, 2.05) is 18.2 Å². The van der Waals surface area contributed by atoms with Crippen LogP contribution in [-0.4, -0.2) is 20.0 Å². The third-order valence-corrected chi connectivity index (χ3v) is 3.41. The Hall–Kier alpha value is -1.51. The highest BCUT2D eigenvalue weighted by Gasteiger charge is 2.08. The van der Waals surface area contributed by atoms with Crippen LogP contribution in [0.25, 0.3) is 0 Å². The largest absolute Gasteiger partial charge is 0.493 e. The molecule has 0 aliphatic rings. The molecule has 3 nitrogen and oxygen atoms in total. The zero-order chi connectivity index (χ0) is 14.8. The lowest BCUT2D eigenvalue weighted by Gasteiger charge is -2.09. The second-order valence-corrected chi connectivity index (χ2v) is 5.07. The van der Waals surface area contributed by atoms with Crippen LogP contribution in [0, 0.1) is 0 Å². The van der Waals surface area contributed by atoms with Crippen molar-refractivity contribution in [2.24, 2.45) is 0 Å². The minimum Gasteiger partial charge on any atom is -0.493 e.